The van der Waals surface area contributed by atoms with Gasteiger partial charge in [-0.25, -0.2) is 0 Å². The third-order valence-electron chi connectivity index (χ3n) is 3.79. The second kappa shape index (κ2) is 6.70. The first-order valence-electron chi connectivity index (χ1n) is 7.44. The molecule has 0 amide bonds. The van der Waals surface area contributed by atoms with Gasteiger partial charge in [-0.3, -0.25) is 0 Å². The summed E-state index contributed by atoms with van der Waals surface area (Å²) in [7, 11) is 0. The lowest BCUT2D eigenvalue weighted by Crippen LogP contribution is -2.22. The highest BCUT2D eigenvalue weighted by Gasteiger charge is 2.33. The fourth-order valence-corrected chi connectivity index (χ4v) is 3.09. The fraction of sp³-hybridized carbons (Fsp3) is 0.0952. The lowest BCUT2D eigenvalue weighted by Gasteiger charge is -2.30. The third-order valence-corrected chi connectivity index (χ3v) is 4.55. The van der Waals surface area contributed by atoms with E-state index in [-0.39, 0.29) is 0 Å². The Bertz CT molecular complexity index is 706. The molecule has 0 atom stereocenters. The molecule has 0 bridgehead atoms. The molecule has 22 heavy (non-hydrogen) atoms. The zero-order chi connectivity index (χ0) is 15.3. The van der Waals surface area contributed by atoms with Gasteiger partial charge in [0.25, 0.3) is 0 Å². The summed E-state index contributed by atoms with van der Waals surface area (Å²) in [4.78, 5) is 0. The van der Waals surface area contributed by atoms with Crippen LogP contribution < -0.4 is 0 Å². The molecule has 0 radical (unpaired) electrons. The Morgan fingerprint density at radius 2 is 1.41 bits per heavy atom. The zero-order valence-corrected chi connectivity index (χ0v) is 13.2. The second-order valence-electron chi connectivity index (χ2n) is 5.23. The molecule has 2 aromatic rings. The molecule has 0 saturated heterocycles. The van der Waals surface area contributed by atoms with Crippen LogP contribution in [0.3, 0.4) is 0 Å². The van der Waals surface area contributed by atoms with Gasteiger partial charge in [0, 0.05) is 5.57 Å². The maximum Gasteiger partial charge on any atom is 0.0949 e. The summed E-state index contributed by atoms with van der Waals surface area (Å²) in [5.74, 6) is 0. The fourth-order valence-electron chi connectivity index (χ4n) is 2.66. The van der Waals surface area contributed by atoms with Crippen molar-refractivity contribution < 1.29 is 0 Å². The first-order valence-corrected chi connectivity index (χ1v) is 7.89. The molecule has 2 aromatic carbocycles. The van der Waals surface area contributed by atoms with Gasteiger partial charge in [-0.15, -0.1) is 5.73 Å². The molecule has 0 N–H and O–H groups in total. The lowest BCUT2D eigenvalue weighted by atomic mass is 9.83. The van der Waals surface area contributed by atoms with Crippen LogP contribution >= 0.6 is 12.6 Å². The van der Waals surface area contributed by atoms with Gasteiger partial charge in [0.05, 0.1) is 4.75 Å². The molecule has 1 aliphatic rings. The summed E-state index contributed by atoms with van der Waals surface area (Å²) >= 11 is 5.13. The van der Waals surface area contributed by atoms with E-state index in [2.05, 4.69) is 84.6 Å². The van der Waals surface area contributed by atoms with Gasteiger partial charge >= 0.3 is 0 Å². The highest BCUT2D eigenvalue weighted by molar-refractivity contribution is 7.81. The van der Waals surface area contributed by atoms with Gasteiger partial charge in [0.2, 0.25) is 0 Å². The molecule has 0 heterocycles. The monoisotopic (exact) mass is 302 g/mol. The van der Waals surface area contributed by atoms with Crippen molar-refractivity contribution in [1.29, 1.82) is 0 Å². The van der Waals surface area contributed by atoms with E-state index in [1.165, 1.54) is 0 Å². The highest BCUT2D eigenvalue weighted by Crippen LogP contribution is 2.43. The molecule has 0 unspecified atom stereocenters. The molecule has 0 saturated carbocycles. The van der Waals surface area contributed by atoms with E-state index in [0.717, 1.165) is 23.1 Å². The van der Waals surface area contributed by atoms with Gasteiger partial charge in [0.1, 0.15) is 0 Å². The van der Waals surface area contributed by atoms with Crippen LogP contribution in [-0.4, -0.2) is 0 Å². The molecule has 0 nitrogen and oxygen atoms in total. The van der Waals surface area contributed by atoms with Crippen LogP contribution in [0.25, 0.3) is 0 Å². The van der Waals surface area contributed by atoms with E-state index < -0.39 is 4.75 Å². The molecule has 0 spiro atoms. The summed E-state index contributed by atoms with van der Waals surface area (Å²) < 4.78 is -0.513. The van der Waals surface area contributed by atoms with E-state index in [9.17, 15) is 0 Å². The van der Waals surface area contributed by atoms with Crippen molar-refractivity contribution in [2.75, 3.05) is 0 Å². The number of allylic oxidation sites excluding steroid dienone is 4. The average molecular weight is 302 g/mol. The molecule has 0 fully saturated rings. The predicted octanol–water partition coefficient (Wildman–Crippen LogP) is 5.46. The Hall–Kier alpha value is -2.21. The van der Waals surface area contributed by atoms with E-state index in [1.807, 2.05) is 12.1 Å². The SMILES string of the molecule is SC(C1=C=CCC=C/C=C\1)(c1ccccc1)c1ccccc1. The Labute approximate surface area is 137 Å². The number of hydrogen-bond acceptors (Lipinski definition) is 1. The predicted molar refractivity (Wildman–Crippen MR) is 97.1 cm³/mol. The lowest BCUT2D eigenvalue weighted by molar-refractivity contribution is 0.905. The van der Waals surface area contributed by atoms with Crippen LogP contribution in [0.5, 0.6) is 0 Å². The molecular formula is C21H18S. The molecule has 0 aromatic heterocycles. The minimum atomic E-state index is -0.513. The first-order chi connectivity index (χ1) is 10.8. The molecule has 0 aliphatic heterocycles. The Morgan fingerprint density at radius 3 is 2.00 bits per heavy atom. The summed E-state index contributed by atoms with van der Waals surface area (Å²) in [6, 6.07) is 20.8. The number of rotatable bonds is 3. The molecule has 3 rings (SSSR count). The van der Waals surface area contributed by atoms with Crippen molar-refractivity contribution in [3.63, 3.8) is 0 Å². The highest BCUT2D eigenvalue weighted by atomic mass is 32.1. The number of hydrogen-bond donors (Lipinski definition) is 1. The Morgan fingerprint density at radius 1 is 0.818 bits per heavy atom. The van der Waals surface area contributed by atoms with Crippen molar-refractivity contribution in [2.45, 2.75) is 11.2 Å². The van der Waals surface area contributed by atoms with Crippen LogP contribution in [0, 0.1) is 0 Å². The van der Waals surface area contributed by atoms with E-state index in [1.54, 1.807) is 0 Å². The molecule has 1 heteroatoms. The second-order valence-corrected chi connectivity index (χ2v) is 5.90. The quantitative estimate of drug-likeness (QED) is 0.565. The summed E-state index contributed by atoms with van der Waals surface area (Å²) in [6.07, 6.45) is 11.3. The van der Waals surface area contributed by atoms with Crippen molar-refractivity contribution >= 4 is 12.6 Å². The largest absolute Gasteiger partial charge is 0.157 e. The minimum absolute atomic E-state index is 0.513. The Balaban J connectivity index is 2.22. The van der Waals surface area contributed by atoms with Crippen molar-refractivity contribution in [3.05, 3.63) is 113 Å². The van der Waals surface area contributed by atoms with Crippen LogP contribution in [-0.2, 0) is 4.75 Å². The first kappa shape index (κ1) is 14.7. The standard InChI is InChI=1S/C21H18S/c22-21(19-14-8-4-9-15-19,20-16-10-5-11-17-20)18-12-6-2-1-3-7-13-18/h1-2,4-12,14-17,22H,3H2/b2-1?,12-6-. The van der Waals surface area contributed by atoms with Crippen molar-refractivity contribution in [1.82, 2.24) is 0 Å². The Kier molecular flexibility index (Phi) is 4.48. The van der Waals surface area contributed by atoms with Gasteiger partial charge in [-0.1, -0.05) is 78.9 Å². The van der Waals surface area contributed by atoms with Crippen molar-refractivity contribution in [3.8, 4) is 0 Å². The van der Waals surface area contributed by atoms with Crippen molar-refractivity contribution in [2.24, 2.45) is 0 Å². The van der Waals surface area contributed by atoms with E-state index >= 15 is 0 Å². The summed E-state index contributed by atoms with van der Waals surface area (Å²) in [5.41, 5.74) is 6.79. The molecule has 1 aliphatic carbocycles. The van der Waals surface area contributed by atoms with Crippen LogP contribution in [0.2, 0.25) is 0 Å². The number of thiol groups is 1. The van der Waals surface area contributed by atoms with Gasteiger partial charge in [-0.05, 0) is 29.7 Å². The maximum atomic E-state index is 5.13. The number of benzene rings is 2. The average Bonchev–Trinajstić information content (AvgIpc) is 2.55. The van der Waals surface area contributed by atoms with Gasteiger partial charge in [-0.2, -0.15) is 12.6 Å². The zero-order valence-electron chi connectivity index (χ0n) is 12.3. The normalized spacial score (nSPS) is 15.8. The third kappa shape index (κ3) is 2.87. The van der Waals surface area contributed by atoms with Gasteiger partial charge in [0.15, 0.2) is 0 Å². The topological polar surface area (TPSA) is 0 Å². The van der Waals surface area contributed by atoms with Crippen LogP contribution in [0.4, 0.5) is 0 Å². The van der Waals surface area contributed by atoms with E-state index in [0.29, 0.717) is 0 Å². The van der Waals surface area contributed by atoms with Crippen LogP contribution in [0.1, 0.15) is 17.5 Å². The minimum Gasteiger partial charge on any atom is -0.157 e. The smallest absolute Gasteiger partial charge is 0.0949 e. The van der Waals surface area contributed by atoms with Crippen LogP contribution in [0.15, 0.2) is 102 Å². The molecular weight excluding hydrogens is 284 g/mol. The van der Waals surface area contributed by atoms with E-state index in [4.69, 9.17) is 12.6 Å². The summed E-state index contributed by atoms with van der Waals surface area (Å²) in [6.45, 7) is 0. The molecule has 108 valence electrons. The summed E-state index contributed by atoms with van der Waals surface area (Å²) in [5, 5.41) is 0. The maximum absolute atomic E-state index is 5.13. The van der Waals surface area contributed by atoms with Gasteiger partial charge < -0.3 is 0 Å².